The zero-order chi connectivity index (χ0) is 33.5. The first-order valence-electron chi connectivity index (χ1n) is 14.1. The molecule has 0 fully saturated rings. The van der Waals surface area contributed by atoms with Crippen molar-refractivity contribution in [3.05, 3.63) is 119 Å². The number of nitro benzene ring substituents is 1. The van der Waals surface area contributed by atoms with Gasteiger partial charge in [0, 0.05) is 28.3 Å². The Morgan fingerprint density at radius 3 is 2.13 bits per heavy atom. The Balaban J connectivity index is 1.52. The topological polar surface area (TPSA) is 145 Å². The molecule has 1 unspecified atom stereocenters. The maximum Gasteiger partial charge on any atom is 0.308 e. The first-order chi connectivity index (χ1) is 21.7. The van der Waals surface area contributed by atoms with Crippen LogP contribution in [0.1, 0.15) is 37.6 Å². The lowest BCUT2D eigenvalue weighted by molar-refractivity contribution is -0.384. The van der Waals surface area contributed by atoms with Crippen LogP contribution in [0, 0.1) is 15.9 Å². The zero-order valence-corrected chi connectivity index (χ0v) is 26.9. The summed E-state index contributed by atoms with van der Waals surface area (Å²) in [6.45, 7) is 5.20. The molecule has 240 valence electrons. The number of thioether (sulfide) groups is 1. The first kappa shape index (κ1) is 34.1. The fraction of sp³-hybridized carbons (Fsp3) is 0.212. The van der Waals surface area contributed by atoms with E-state index in [9.17, 15) is 32.5 Å². The molecule has 10 nitrogen and oxygen atoms in total. The van der Waals surface area contributed by atoms with Crippen LogP contribution in [0.4, 0.5) is 15.8 Å². The molecular weight excluding hydrogens is 634 g/mol. The van der Waals surface area contributed by atoms with Gasteiger partial charge in [0.25, 0.3) is 21.6 Å². The smallest absolute Gasteiger partial charge is 0.308 e. The van der Waals surface area contributed by atoms with Gasteiger partial charge in [0.1, 0.15) is 17.1 Å². The van der Waals surface area contributed by atoms with Crippen molar-refractivity contribution in [2.75, 3.05) is 11.1 Å². The van der Waals surface area contributed by atoms with E-state index in [4.69, 9.17) is 4.74 Å². The quantitative estimate of drug-likeness (QED) is 0.0720. The summed E-state index contributed by atoms with van der Waals surface area (Å²) in [4.78, 5) is 37.2. The van der Waals surface area contributed by atoms with Crippen LogP contribution >= 0.6 is 11.8 Å². The van der Waals surface area contributed by atoms with E-state index in [1.807, 2.05) is 35.1 Å². The largest absolute Gasteiger partial charge is 0.460 e. The van der Waals surface area contributed by atoms with Crippen LogP contribution in [-0.2, 0) is 19.6 Å². The number of anilines is 1. The van der Waals surface area contributed by atoms with Gasteiger partial charge >= 0.3 is 5.97 Å². The van der Waals surface area contributed by atoms with Gasteiger partial charge < -0.3 is 10.1 Å². The van der Waals surface area contributed by atoms with Crippen LogP contribution in [0.15, 0.2) is 107 Å². The predicted octanol–water partition coefficient (Wildman–Crippen LogP) is 6.82. The highest BCUT2D eigenvalue weighted by molar-refractivity contribution is 7.99. The van der Waals surface area contributed by atoms with Crippen molar-refractivity contribution < 1.29 is 32.1 Å². The molecule has 4 aromatic rings. The number of ether oxygens (including phenoxy) is 1. The van der Waals surface area contributed by atoms with E-state index in [2.05, 4.69) is 5.32 Å². The predicted molar refractivity (Wildman–Crippen MR) is 175 cm³/mol. The number of rotatable bonds is 12. The number of carbonyl (C=O) groups is 2. The number of nitro groups is 1. The van der Waals surface area contributed by atoms with Crippen molar-refractivity contribution in [1.82, 2.24) is 4.72 Å². The van der Waals surface area contributed by atoms with E-state index >= 15 is 0 Å². The minimum absolute atomic E-state index is 0.00567. The molecule has 0 aliphatic rings. The zero-order valence-electron chi connectivity index (χ0n) is 25.2. The lowest BCUT2D eigenvalue weighted by Crippen LogP contribution is -2.31. The summed E-state index contributed by atoms with van der Waals surface area (Å²) in [5.41, 5.74) is 0.125. The van der Waals surface area contributed by atoms with Gasteiger partial charge in [-0.3, -0.25) is 19.7 Å². The van der Waals surface area contributed by atoms with Crippen molar-refractivity contribution >= 4 is 45.0 Å². The number of sulfonamides is 1. The molecule has 46 heavy (non-hydrogen) atoms. The second-order valence-electron chi connectivity index (χ2n) is 11.2. The first-order valence-corrected chi connectivity index (χ1v) is 16.5. The highest BCUT2D eigenvalue weighted by Gasteiger charge is 2.27. The Hall–Kier alpha value is -4.75. The van der Waals surface area contributed by atoms with Crippen molar-refractivity contribution in [2.24, 2.45) is 0 Å². The highest BCUT2D eigenvalue weighted by atomic mass is 32.2. The molecule has 0 heterocycles. The third-order valence-corrected chi connectivity index (χ3v) is 8.92. The molecule has 0 saturated heterocycles. The van der Waals surface area contributed by atoms with Crippen molar-refractivity contribution in [3.8, 4) is 11.1 Å². The summed E-state index contributed by atoms with van der Waals surface area (Å²) in [6, 6.07) is 23.7. The Morgan fingerprint density at radius 2 is 1.54 bits per heavy atom. The molecular formula is C33H32FN3O7S2. The lowest BCUT2D eigenvalue weighted by atomic mass is 10.0. The fourth-order valence-corrected chi connectivity index (χ4v) is 6.26. The van der Waals surface area contributed by atoms with Crippen LogP contribution in [-0.4, -0.2) is 42.6 Å². The van der Waals surface area contributed by atoms with Crippen LogP contribution in [0.25, 0.3) is 11.1 Å². The van der Waals surface area contributed by atoms with Crippen LogP contribution in [0.3, 0.4) is 0 Å². The van der Waals surface area contributed by atoms with Crippen LogP contribution in [0.5, 0.6) is 0 Å². The molecule has 2 N–H and O–H groups in total. The van der Waals surface area contributed by atoms with Crippen LogP contribution < -0.4 is 10.0 Å². The van der Waals surface area contributed by atoms with Gasteiger partial charge in [-0.25, -0.2) is 17.5 Å². The summed E-state index contributed by atoms with van der Waals surface area (Å²) in [5, 5.41) is 15.1. The number of carbonyl (C=O) groups excluding carboxylic acids is 2. The third-order valence-electron chi connectivity index (χ3n) is 6.42. The molecule has 0 spiro atoms. The second kappa shape index (κ2) is 14.6. The number of nitrogens with one attached hydrogen (secondary N) is 2. The van der Waals surface area contributed by atoms with Crippen molar-refractivity contribution in [3.63, 3.8) is 0 Å². The van der Waals surface area contributed by atoms with Gasteiger partial charge in [-0.1, -0.05) is 42.5 Å². The number of amides is 1. The monoisotopic (exact) mass is 665 g/mol. The number of hydrogen-bond acceptors (Lipinski definition) is 9. The minimum Gasteiger partial charge on any atom is -0.460 e. The van der Waals surface area contributed by atoms with Gasteiger partial charge in [-0.2, -0.15) is 0 Å². The van der Waals surface area contributed by atoms with Gasteiger partial charge in [-0.05, 0) is 80.4 Å². The van der Waals surface area contributed by atoms with E-state index in [0.717, 1.165) is 17.0 Å². The molecule has 4 aromatic carbocycles. The van der Waals surface area contributed by atoms with E-state index < -0.39 is 54.9 Å². The molecule has 0 saturated carbocycles. The SMILES string of the molecule is CC(C)(C)OC(=O)CC(CSc1ccccc1)Nc1ccc(S(=O)(=O)NC(=O)c2ccc(-c3ccc(F)cc3)cc2)cc1[N+](=O)[O-]. The Labute approximate surface area is 270 Å². The van der Waals surface area contributed by atoms with Gasteiger partial charge in [0.05, 0.1) is 16.2 Å². The van der Waals surface area contributed by atoms with E-state index in [1.165, 1.54) is 42.1 Å². The number of esters is 1. The molecule has 1 atom stereocenters. The molecule has 0 aromatic heterocycles. The van der Waals surface area contributed by atoms with Gasteiger partial charge in [-0.15, -0.1) is 11.8 Å². The highest BCUT2D eigenvalue weighted by Crippen LogP contribution is 2.30. The number of hydrogen-bond donors (Lipinski definition) is 2. The summed E-state index contributed by atoms with van der Waals surface area (Å²) in [6.07, 6.45) is -0.107. The van der Waals surface area contributed by atoms with Crippen LogP contribution in [0.2, 0.25) is 0 Å². The molecule has 0 radical (unpaired) electrons. The van der Waals surface area contributed by atoms with E-state index in [-0.39, 0.29) is 17.7 Å². The molecule has 0 bridgehead atoms. The normalized spacial score (nSPS) is 12.2. The summed E-state index contributed by atoms with van der Waals surface area (Å²) in [5.74, 6) is -1.49. The maximum absolute atomic E-state index is 13.2. The molecule has 1 amide bonds. The Bertz CT molecular complexity index is 1810. The van der Waals surface area contributed by atoms with E-state index in [1.54, 1.807) is 45.0 Å². The van der Waals surface area contributed by atoms with Gasteiger partial charge in [0.2, 0.25) is 0 Å². The standard InChI is InChI=1S/C33H32FN3O7S2/c1-33(2,3)44-31(38)19-26(21-45-27-7-5-4-6-8-27)35-29-18-17-28(20-30(29)37(40)41)46(42,43)36-32(39)24-11-9-22(10-12-24)23-13-15-25(34)16-14-23/h4-18,20,26,35H,19,21H2,1-3H3,(H,36,39). The second-order valence-corrected chi connectivity index (χ2v) is 14.0. The van der Waals surface area contributed by atoms with Crippen molar-refractivity contribution in [2.45, 2.75) is 48.6 Å². The number of nitrogens with zero attached hydrogens (tertiary/aromatic N) is 1. The lowest BCUT2D eigenvalue weighted by Gasteiger charge is -2.23. The molecule has 0 aliphatic heterocycles. The molecule has 13 heteroatoms. The van der Waals surface area contributed by atoms with Crippen molar-refractivity contribution in [1.29, 1.82) is 0 Å². The minimum atomic E-state index is -4.51. The summed E-state index contributed by atoms with van der Waals surface area (Å²) >= 11 is 1.44. The Morgan fingerprint density at radius 1 is 0.935 bits per heavy atom. The fourth-order valence-electron chi connectivity index (χ4n) is 4.32. The van der Waals surface area contributed by atoms with Gasteiger partial charge in [0.15, 0.2) is 0 Å². The molecule has 4 rings (SSSR count). The summed E-state index contributed by atoms with van der Waals surface area (Å²) in [7, 11) is -4.51. The maximum atomic E-state index is 13.2. The third kappa shape index (κ3) is 9.62. The molecule has 0 aliphatic carbocycles. The average Bonchev–Trinajstić information content (AvgIpc) is 2.99. The van der Waals surface area contributed by atoms with E-state index in [0.29, 0.717) is 16.9 Å². The Kier molecular flexibility index (Phi) is 10.8. The number of halogens is 1. The average molecular weight is 666 g/mol. The summed E-state index contributed by atoms with van der Waals surface area (Å²) < 4.78 is 46.8. The number of benzene rings is 4.